The molecule has 0 spiro atoms. The molecule has 2 aromatic carbocycles. The van der Waals surface area contributed by atoms with Crippen molar-refractivity contribution in [2.75, 3.05) is 6.61 Å². The second-order valence-corrected chi connectivity index (χ2v) is 7.48. The first kappa shape index (κ1) is 19.8. The van der Waals surface area contributed by atoms with E-state index in [0.29, 0.717) is 5.92 Å². The van der Waals surface area contributed by atoms with Crippen LogP contribution in [0.3, 0.4) is 0 Å². The predicted molar refractivity (Wildman–Crippen MR) is 110 cm³/mol. The molecule has 0 bridgehead atoms. The maximum Gasteiger partial charge on any atom is 0.119 e. The summed E-state index contributed by atoms with van der Waals surface area (Å²) in [5.41, 5.74) is 7.97. The molecule has 3 rings (SSSR count). The van der Waals surface area contributed by atoms with Crippen LogP contribution in [-0.2, 0) is 0 Å². The number of rotatable bonds is 7. The standard InChI is InChI=1S/C22H31NO.CH4/c1-3-5-6-13-24-21-10-9-17-14-18(7-8-19(17)15-21)20-11-12-22(23,4-2)16-20;/h7-10,14-15,20H,3-6,11-13,16,23H2,1-2H3;1H4. The summed E-state index contributed by atoms with van der Waals surface area (Å²) < 4.78 is 5.87. The van der Waals surface area contributed by atoms with E-state index in [9.17, 15) is 0 Å². The first-order chi connectivity index (χ1) is 11.6. The van der Waals surface area contributed by atoms with Crippen molar-refractivity contribution in [3.8, 4) is 5.75 Å². The van der Waals surface area contributed by atoms with Gasteiger partial charge in [0.25, 0.3) is 0 Å². The van der Waals surface area contributed by atoms with Crippen LogP contribution in [0.1, 0.15) is 77.7 Å². The summed E-state index contributed by atoms with van der Waals surface area (Å²) in [4.78, 5) is 0. The van der Waals surface area contributed by atoms with Crippen LogP contribution >= 0.6 is 0 Å². The van der Waals surface area contributed by atoms with Gasteiger partial charge in [-0.2, -0.15) is 0 Å². The highest BCUT2D eigenvalue weighted by Crippen LogP contribution is 2.41. The van der Waals surface area contributed by atoms with Crippen molar-refractivity contribution in [3.63, 3.8) is 0 Å². The molecule has 2 N–H and O–H groups in total. The summed E-state index contributed by atoms with van der Waals surface area (Å²) in [5.74, 6) is 1.60. The van der Waals surface area contributed by atoms with Crippen LogP contribution in [0, 0.1) is 0 Å². The van der Waals surface area contributed by atoms with E-state index in [2.05, 4.69) is 50.2 Å². The van der Waals surface area contributed by atoms with E-state index in [-0.39, 0.29) is 13.0 Å². The molecule has 0 radical (unpaired) electrons. The lowest BCUT2D eigenvalue weighted by molar-refractivity contribution is 0.306. The van der Waals surface area contributed by atoms with E-state index in [0.717, 1.165) is 38.0 Å². The second kappa shape index (κ2) is 8.71. The van der Waals surface area contributed by atoms with Gasteiger partial charge in [0.05, 0.1) is 6.61 Å². The van der Waals surface area contributed by atoms with Gasteiger partial charge in [-0.05, 0) is 66.5 Å². The normalized spacial score (nSPS) is 22.8. The van der Waals surface area contributed by atoms with E-state index in [1.54, 1.807) is 0 Å². The second-order valence-electron chi connectivity index (χ2n) is 7.48. The zero-order valence-electron chi connectivity index (χ0n) is 15.2. The van der Waals surface area contributed by atoms with E-state index in [4.69, 9.17) is 10.5 Å². The van der Waals surface area contributed by atoms with Crippen molar-refractivity contribution in [2.45, 2.75) is 77.7 Å². The number of unbranched alkanes of at least 4 members (excludes halogenated alkanes) is 2. The number of benzene rings is 2. The lowest BCUT2D eigenvalue weighted by Gasteiger charge is -2.22. The molecule has 2 aromatic rings. The Morgan fingerprint density at radius 2 is 1.84 bits per heavy atom. The molecule has 25 heavy (non-hydrogen) atoms. The van der Waals surface area contributed by atoms with Crippen molar-refractivity contribution < 1.29 is 4.74 Å². The fraction of sp³-hybridized carbons (Fsp3) is 0.565. The maximum absolute atomic E-state index is 6.47. The fourth-order valence-electron chi connectivity index (χ4n) is 3.89. The Kier molecular flexibility index (Phi) is 6.89. The highest BCUT2D eigenvalue weighted by Gasteiger charge is 2.34. The molecular weight excluding hydrogens is 306 g/mol. The Morgan fingerprint density at radius 1 is 1.08 bits per heavy atom. The van der Waals surface area contributed by atoms with E-state index >= 15 is 0 Å². The molecule has 2 nitrogen and oxygen atoms in total. The molecule has 0 aromatic heterocycles. The SMILES string of the molecule is C.CCCCCOc1ccc2cc(C3CCC(N)(CC)C3)ccc2c1. The van der Waals surface area contributed by atoms with Crippen molar-refractivity contribution in [1.29, 1.82) is 0 Å². The predicted octanol–water partition coefficient (Wildman–Crippen LogP) is 6.42. The highest BCUT2D eigenvalue weighted by molar-refractivity contribution is 5.84. The molecule has 1 aliphatic carbocycles. The molecule has 2 unspecified atom stereocenters. The molecular formula is C23H35NO. The summed E-state index contributed by atoms with van der Waals surface area (Å²) >= 11 is 0. The van der Waals surface area contributed by atoms with Crippen molar-refractivity contribution in [1.82, 2.24) is 0 Å². The molecule has 2 atom stereocenters. The molecule has 0 heterocycles. The van der Waals surface area contributed by atoms with Gasteiger partial charge in [-0.1, -0.05) is 58.4 Å². The zero-order chi connectivity index (χ0) is 17.0. The number of ether oxygens (including phenoxy) is 1. The average molecular weight is 342 g/mol. The summed E-state index contributed by atoms with van der Waals surface area (Å²) in [5, 5.41) is 2.57. The summed E-state index contributed by atoms with van der Waals surface area (Å²) in [6.07, 6.45) is 8.16. The van der Waals surface area contributed by atoms with Gasteiger partial charge in [0.1, 0.15) is 5.75 Å². The van der Waals surface area contributed by atoms with Gasteiger partial charge >= 0.3 is 0 Å². The third-order valence-electron chi connectivity index (χ3n) is 5.67. The summed E-state index contributed by atoms with van der Waals surface area (Å²) in [7, 11) is 0. The smallest absolute Gasteiger partial charge is 0.119 e. The topological polar surface area (TPSA) is 35.2 Å². The Hall–Kier alpha value is -1.54. The van der Waals surface area contributed by atoms with Crippen LogP contribution in [0.4, 0.5) is 0 Å². The Labute approximate surface area is 153 Å². The third kappa shape index (κ3) is 4.76. The molecule has 0 saturated heterocycles. The van der Waals surface area contributed by atoms with Crippen LogP contribution in [-0.4, -0.2) is 12.1 Å². The quantitative estimate of drug-likeness (QED) is 0.590. The monoisotopic (exact) mass is 341 g/mol. The third-order valence-corrected chi connectivity index (χ3v) is 5.67. The van der Waals surface area contributed by atoms with Crippen LogP contribution in [0.15, 0.2) is 36.4 Å². The Balaban J connectivity index is 0.00000225. The van der Waals surface area contributed by atoms with Gasteiger partial charge in [-0.3, -0.25) is 0 Å². The van der Waals surface area contributed by atoms with E-state index in [1.807, 2.05) is 0 Å². The van der Waals surface area contributed by atoms with Crippen LogP contribution < -0.4 is 10.5 Å². The summed E-state index contributed by atoms with van der Waals surface area (Å²) in [6, 6.07) is 13.3. The summed E-state index contributed by atoms with van der Waals surface area (Å²) in [6.45, 7) is 5.24. The number of fused-ring (bicyclic) bond motifs is 1. The minimum atomic E-state index is 0. The lowest BCUT2D eigenvalue weighted by Crippen LogP contribution is -2.35. The largest absolute Gasteiger partial charge is 0.494 e. The van der Waals surface area contributed by atoms with Crippen LogP contribution in [0.2, 0.25) is 0 Å². The van der Waals surface area contributed by atoms with E-state index in [1.165, 1.54) is 35.6 Å². The van der Waals surface area contributed by atoms with Crippen molar-refractivity contribution >= 4 is 10.8 Å². The zero-order valence-corrected chi connectivity index (χ0v) is 15.2. The van der Waals surface area contributed by atoms with Crippen LogP contribution in [0.25, 0.3) is 10.8 Å². The molecule has 0 amide bonds. The molecule has 138 valence electrons. The average Bonchev–Trinajstić information content (AvgIpc) is 3.01. The fourth-order valence-corrected chi connectivity index (χ4v) is 3.89. The number of nitrogens with two attached hydrogens (primary N) is 1. The van der Waals surface area contributed by atoms with Crippen LogP contribution in [0.5, 0.6) is 5.75 Å². The van der Waals surface area contributed by atoms with Crippen molar-refractivity contribution in [3.05, 3.63) is 42.0 Å². The first-order valence-electron chi connectivity index (χ1n) is 9.59. The molecule has 2 heteroatoms. The first-order valence-corrected chi connectivity index (χ1v) is 9.59. The van der Waals surface area contributed by atoms with Crippen molar-refractivity contribution in [2.24, 2.45) is 5.73 Å². The van der Waals surface area contributed by atoms with Gasteiger partial charge in [0.15, 0.2) is 0 Å². The van der Waals surface area contributed by atoms with Gasteiger partial charge in [-0.25, -0.2) is 0 Å². The van der Waals surface area contributed by atoms with Gasteiger partial charge in [0, 0.05) is 5.54 Å². The minimum absolute atomic E-state index is 0. The van der Waals surface area contributed by atoms with E-state index < -0.39 is 0 Å². The number of hydrogen-bond donors (Lipinski definition) is 1. The number of hydrogen-bond acceptors (Lipinski definition) is 2. The minimum Gasteiger partial charge on any atom is -0.494 e. The van der Waals surface area contributed by atoms with Gasteiger partial charge in [-0.15, -0.1) is 0 Å². The maximum atomic E-state index is 6.47. The Bertz CT molecular complexity index is 681. The highest BCUT2D eigenvalue weighted by atomic mass is 16.5. The molecule has 1 saturated carbocycles. The molecule has 1 aliphatic rings. The molecule has 1 fully saturated rings. The van der Waals surface area contributed by atoms with Gasteiger partial charge < -0.3 is 10.5 Å². The lowest BCUT2D eigenvalue weighted by atomic mass is 9.90. The van der Waals surface area contributed by atoms with Gasteiger partial charge in [0.2, 0.25) is 0 Å². The Morgan fingerprint density at radius 3 is 2.56 bits per heavy atom. The molecule has 0 aliphatic heterocycles.